The predicted molar refractivity (Wildman–Crippen MR) is 79.8 cm³/mol. The second-order valence-corrected chi connectivity index (χ2v) is 5.58. The van der Waals surface area contributed by atoms with Crippen LogP contribution in [0.1, 0.15) is 34.6 Å². The molecule has 1 rings (SSSR count). The number of hydrogen-bond acceptors (Lipinski definition) is 4. The van der Waals surface area contributed by atoms with Crippen molar-refractivity contribution in [2.75, 3.05) is 31.5 Å². The van der Waals surface area contributed by atoms with Gasteiger partial charge in [-0.15, -0.1) is 0 Å². The molecule has 0 fully saturated rings. The molecule has 0 saturated carbocycles. The molecule has 0 amide bonds. The molecular formula is C14H26N4O. The topological polar surface area (TPSA) is 50.2 Å². The van der Waals surface area contributed by atoms with Crippen LogP contribution in [0.25, 0.3) is 0 Å². The quantitative estimate of drug-likeness (QED) is 0.852. The van der Waals surface area contributed by atoms with Crippen molar-refractivity contribution < 1.29 is 0 Å². The molecule has 108 valence electrons. The van der Waals surface area contributed by atoms with Crippen LogP contribution >= 0.6 is 0 Å². The molecule has 19 heavy (non-hydrogen) atoms. The monoisotopic (exact) mass is 266 g/mol. The highest BCUT2D eigenvalue weighted by Gasteiger charge is 2.16. The Hall–Kier alpha value is -1.36. The number of rotatable bonds is 6. The average molecular weight is 266 g/mol. The molecule has 5 nitrogen and oxygen atoms in total. The standard InChI is InChI=1S/C14H26N4O/c1-6-17(7-2)10-8-15-12-13(19)18(11-9-16-12)14(3,4)5/h9,11H,6-8,10H2,1-5H3,(H,15,16). The van der Waals surface area contributed by atoms with Gasteiger partial charge in [-0.1, -0.05) is 13.8 Å². The first-order chi connectivity index (χ1) is 8.90. The van der Waals surface area contributed by atoms with Gasteiger partial charge >= 0.3 is 0 Å². The zero-order valence-electron chi connectivity index (χ0n) is 12.7. The summed E-state index contributed by atoms with van der Waals surface area (Å²) in [4.78, 5) is 18.7. The largest absolute Gasteiger partial charge is 0.364 e. The first-order valence-corrected chi connectivity index (χ1v) is 6.94. The van der Waals surface area contributed by atoms with Gasteiger partial charge in [0.25, 0.3) is 5.56 Å². The Kier molecular flexibility index (Phi) is 5.54. The number of nitrogens with one attached hydrogen (secondary N) is 1. The molecule has 1 heterocycles. The molecule has 0 aliphatic heterocycles. The molecule has 1 aromatic rings. The molecule has 0 radical (unpaired) electrons. The maximum absolute atomic E-state index is 12.3. The van der Waals surface area contributed by atoms with E-state index in [1.54, 1.807) is 17.0 Å². The van der Waals surface area contributed by atoms with Crippen molar-refractivity contribution in [1.29, 1.82) is 0 Å². The first kappa shape index (κ1) is 15.7. The molecule has 0 atom stereocenters. The van der Waals surface area contributed by atoms with Gasteiger partial charge in [0, 0.05) is 31.0 Å². The van der Waals surface area contributed by atoms with E-state index in [0.717, 1.165) is 26.2 Å². The first-order valence-electron chi connectivity index (χ1n) is 6.94. The van der Waals surface area contributed by atoms with Crippen LogP contribution in [0.5, 0.6) is 0 Å². The van der Waals surface area contributed by atoms with Gasteiger partial charge in [-0.2, -0.15) is 0 Å². The van der Waals surface area contributed by atoms with Crippen LogP contribution in [0.15, 0.2) is 17.2 Å². The third kappa shape index (κ3) is 4.35. The van der Waals surface area contributed by atoms with Gasteiger partial charge in [0.15, 0.2) is 5.82 Å². The van der Waals surface area contributed by atoms with Crippen LogP contribution in [0, 0.1) is 0 Å². The van der Waals surface area contributed by atoms with E-state index in [-0.39, 0.29) is 11.1 Å². The average Bonchev–Trinajstić information content (AvgIpc) is 2.35. The zero-order chi connectivity index (χ0) is 14.5. The van der Waals surface area contributed by atoms with Gasteiger partial charge in [-0.25, -0.2) is 4.98 Å². The van der Waals surface area contributed by atoms with Gasteiger partial charge in [-0.05, 0) is 33.9 Å². The number of hydrogen-bond donors (Lipinski definition) is 1. The number of anilines is 1. The van der Waals surface area contributed by atoms with Crippen molar-refractivity contribution in [1.82, 2.24) is 14.5 Å². The lowest BCUT2D eigenvalue weighted by atomic mass is 10.1. The highest BCUT2D eigenvalue weighted by Crippen LogP contribution is 2.10. The van der Waals surface area contributed by atoms with Crippen LogP contribution in [0.3, 0.4) is 0 Å². The minimum absolute atomic E-state index is 0.0606. The summed E-state index contributed by atoms with van der Waals surface area (Å²) in [6.45, 7) is 14.0. The van der Waals surface area contributed by atoms with E-state index < -0.39 is 0 Å². The van der Waals surface area contributed by atoms with E-state index in [1.807, 2.05) is 20.8 Å². The highest BCUT2D eigenvalue weighted by molar-refractivity contribution is 5.31. The molecule has 0 aliphatic rings. The molecular weight excluding hydrogens is 240 g/mol. The van der Waals surface area contributed by atoms with Gasteiger partial charge in [0.2, 0.25) is 0 Å². The van der Waals surface area contributed by atoms with Crippen molar-refractivity contribution in [3.8, 4) is 0 Å². The fourth-order valence-corrected chi connectivity index (χ4v) is 1.93. The van der Waals surface area contributed by atoms with Crippen molar-refractivity contribution in [3.63, 3.8) is 0 Å². The maximum atomic E-state index is 12.3. The van der Waals surface area contributed by atoms with Crippen LogP contribution in [0.4, 0.5) is 5.82 Å². The molecule has 0 saturated heterocycles. The predicted octanol–water partition coefficient (Wildman–Crippen LogP) is 1.75. The Morgan fingerprint density at radius 1 is 1.32 bits per heavy atom. The van der Waals surface area contributed by atoms with E-state index in [2.05, 4.69) is 29.0 Å². The SMILES string of the molecule is CCN(CC)CCNc1nccn(C(C)(C)C)c1=O. The zero-order valence-corrected chi connectivity index (χ0v) is 12.7. The second-order valence-electron chi connectivity index (χ2n) is 5.58. The Morgan fingerprint density at radius 2 is 1.95 bits per heavy atom. The van der Waals surface area contributed by atoms with E-state index in [1.165, 1.54) is 0 Å². The normalized spacial score (nSPS) is 11.9. The summed E-state index contributed by atoms with van der Waals surface area (Å²) in [7, 11) is 0. The molecule has 1 N–H and O–H groups in total. The lowest BCUT2D eigenvalue weighted by Gasteiger charge is -2.23. The number of aromatic nitrogens is 2. The minimum atomic E-state index is -0.227. The maximum Gasteiger partial charge on any atom is 0.293 e. The lowest BCUT2D eigenvalue weighted by molar-refractivity contribution is 0.315. The molecule has 0 aromatic carbocycles. The van der Waals surface area contributed by atoms with Gasteiger partial charge in [0.05, 0.1) is 0 Å². The van der Waals surface area contributed by atoms with E-state index in [4.69, 9.17) is 0 Å². The molecule has 1 aromatic heterocycles. The summed E-state index contributed by atoms with van der Waals surface area (Å²) >= 11 is 0. The van der Waals surface area contributed by atoms with Gasteiger partial charge in [0.1, 0.15) is 0 Å². The molecule has 0 bridgehead atoms. The van der Waals surface area contributed by atoms with Gasteiger partial charge < -0.3 is 14.8 Å². The third-order valence-corrected chi connectivity index (χ3v) is 3.18. The van der Waals surface area contributed by atoms with Crippen molar-refractivity contribution in [2.45, 2.75) is 40.2 Å². The van der Waals surface area contributed by atoms with Crippen LogP contribution < -0.4 is 10.9 Å². The Balaban J connectivity index is 2.73. The second kappa shape index (κ2) is 6.70. The molecule has 0 unspecified atom stereocenters. The summed E-state index contributed by atoms with van der Waals surface area (Å²) in [5, 5.41) is 3.14. The lowest BCUT2D eigenvalue weighted by Crippen LogP contribution is -2.36. The van der Waals surface area contributed by atoms with Crippen molar-refractivity contribution >= 4 is 5.82 Å². The summed E-state index contributed by atoms with van der Waals surface area (Å²) in [6, 6.07) is 0. The Morgan fingerprint density at radius 3 is 2.47 bits per heavy atom. The Labute approximate surface area is 115 Å². The fourth-order valence-electron chi connectivity index (χ4n) is 1.93. The van der Waals surface area contributed by atoms with E-state index in [9.17, 15) is 4.79 Å². The van der Waals surface area contributed by atoms with E-state index >= 15 is 0 Å². The van der Waals surface area contributed by atoms with Crippen LogP contribution in [0.2, 0.25) is 0 Å². The highest BCUT2D eigenvalue weighted by atomic mass is 16.1. The Bertz CT molecular complexity index is 443. The van der Waals surface area contributed by atoms with Crippen molar-refractivity contribution in [2.24, 2.45) is 0 Å². The summed E-state index contributed by atoms with van der Waals surface area (Å²) < 4.78 is 1.71. The smallest absolute Gasteiger partial charge is 0.293 e. The summed E-state index contributed by atoms with van der Waals surface area (Å²) in [6.07, 6.45) is 3.41. The number of likely N-dealkylation sites (N-methyl/N-ethyl adjacent to an activating group) is 1. The van der Waals surface area contributed by atoms with E-state index in [0.29, 0.717) is 5.82 Å². The van der Waals surface area contributed by atoms with Crippen LogP contribution in [-0.2, 0) is 5.54 Å². The number of nitrogens with zero attached hydrogens (tertiary/aromatic N) is 3. The van der Waals surface area contributed by atoms with Crippen LogP contribution in [-0.4, -0.2) is 40.6 Å². The third-order valence-electron chi connectivity index (χ3n) is 3.18. The molecule has 0 spiro atoms. The summed E-state index contributed by atoms with van der Waals surface area (Å²) in [5.74, 6) is 0.435. The fraction of sp³-hybridized carbons (Fsp3) is 0.714. The van der Waals surface area contributed by atoms with Crippen molar-refractivity contribution in [3.05, 3.63) is 22.7 Å². The van der Waals surface area contributed by atoms with Gasteiger partial charge in [-0.3, -0.25) is 4.79 Å². The molecule has 5 heteroatoms. The molecule has 0 aliphatic carbocycles. The minimum Gasteiger partial charge on any atom is -0.364 e. The summed E-state index contributed by atoms with van der Waals surface area (Å²) in [5.41, 5.74) is -0.287.